The predicted molar refractivity (Wildman–Crippen MR) is 49.3 cm³/mol. The van der Waals surface area contributed by atoms with Crippen LogP contribution in [0.3, 0.4) is 0 Å². The van der Waals surface area contributed by atoms with Crippen LogP contribution < -0.4 is 5.73 Å². The molecule has 1 aliphatic rings. The molecule has 0 aliphatic heterocycles. The van der Waals surface area contributed by atoms with Gasteiger partial charge in [0.2, 0.25) is 0 Å². The summed E-state index contributed by atoms with van der Waals surface area (Å²) in [5, 5.41) is 0. The lowest BCUT2D eigenvalue weighted by Gasteiger charge is -2.33. The third kappa shape index (κ3) is 2.19. The fraction of sp³-hybridized carbons (Fsp3) is 1.00. The second-order valence-corrected chi connectivity index (χ2v) is 4.46. The minimum absolute atomic E-state index is 0.477. The van der Waals surface area contributed by atoms with E-state index in [9.17, 15) is 0 Å². The SMILES string of the molecule is CC(C)C1CCC(N)[C@@H](C)C1. The number of hydrogen-bond acceptors (Lipinski definition) is 1. The van der Waals surface area contributed by atoms with E-state index in [4.69, 9.17) is 5.73 Å². The van der Waals surface area contributed by atoms with E-state index in [0.29, 0.717) is 6.04 Å². The standard InChI is InChI=1S/C10H21N/c1-7(2)9-4-5-10(11)8(3)6-9/h7-10H,4-6,11H2,1-3H3/t8-,9?,10?/m0/s1. The van der Waals surface area contributed by atoms with Crippen LogP contribution in [-0.4, -0.2) is 6.04 Å². The molecule has 0 spiro atoms. The third-order valence-corrected chi connectivity index (χ3v) is 3.22. The first-order chi connectivity index (χ1) is 5.11. The molecule has 0 heterocycles. The molecule has 2 unspecified atom stereocenters. The summed E-state index contributed by atoms with van der Waals surface area (Å²) in [4.78, 5) is 0. The van der Waals surface area contributed by atoms with Gasteiger partial charge in [0.25, 0.3) is 0 Å². The van der Waals surface area contributed by atoms with Gasteiger partial charge in [0.15, 0.2) is 0 Å². The average molecular weight is 155 g/mol. The van der Waals surface area contributed by atoms with E-state index >= 15 is 0 Å². The Morgan fingerprint density at radius 1 is 1.27 bits per heavy atom. The Hall–Kier alpha value is -0.0400. The molecule has 0 amide bonds. The van der Waals surface area contributed by atoms with Gasteiger partial charge < -0.3 is 5.73 Å². The summed E-state index contributed by atoms with van der Waals surface area (Å²) in [7, 11) is 0. The van der Waals surface area contributed by atoms with Crippen molar-refractivity contribution in [3.8, 4) is 0 Å². The normalized spacial score (nSPS) is 39.5. The maximum absolute atomic E-state index is 5.94. The minimum Gasteiger partial charge on any atom is -0.327 e. The molecule has 0 aromatic rings. The highest BCUT2D eigenvalue weighted by Crippen LogP contribution is 2.32. The van der Waals surface area contributed by atoms with Gasteiger partial charge in [-0.05, 0) is 37.0 Å². The summed E-state index contributed by atoms with van der Waals surface area (Å²) in [6.07, 6.45) is 3.94. The second kappa shape index (κ2) is 3.57. The van der Waals surface area contributed by atoms with E-state index < -0.39 is 0 Å². The number of hydrogen-bond donors (Lipinski definition) is 1. The Morgan fingerprint density at radius 2 is 1.91 bits per heavy atom. The van der Waals surface area contributed by atoms with E-state index in [1.165, 1.54) is 19.3 Å². The summed E-state index contributed by atoms with van der Waals surface area (Å²) in [6, 6.07) is 0.477. The largest absolute Gasteiger partial charge is 0.327 e. The monoisotopic (exact) mass is 155 g/mol. The Kier molecular flexibility index (Phi) is 2.94. The van der Waals surface area contributed by atoms with Crippen LogP contribution in [-0.2, 0) is 0 Å². The molecule has 3 atom stereocenters. The first-order valence-electron chi connectivity index (χ1n) is 4.87. The molecule has 0 radical (unpaired) electrons. The van der Waals surface area contributed by atoms with Crippen molar-refractivity contribution < 1.29 is 0 Å². The number of rotatable bonds is 1. The van der Waals surface area contributed by atoms with E-state index in [2.05, 4.69) is 20.8 Å². The molecule has 0 saturated heterocycles. The fourth-order valence-electron chi connectivity index (χ4n) is 2.07. The lowest BCUT2D eigenvalue weighted by Crippen LogP contribution is -2.35. The van der Waals surface area contributed by atoms with E-state index in [1.807, 2.05) is 0 Å². The Bertz CT molecular complexity index is 120. The van der Waals surface area contributed by atoms with E-state index in [0.717, 1.165) is 17.8 Å². The van der Waals surface area contributed by atoms with Crippen molar-refractivity contribution >= 4 is 0 Å². The van der Waals surface area contributed by atoms with Crippen molar-refractivity contribution in [2.45, 2.75) is 46.1 Å². The van der Waals surface area contributed by atoms with Gasteiger partial charge in [-0.3, -0.25) is 0 Å². The van der Waals surface area contributed by atoms with Crippen LogP contribution in [0.25, 0.3) is 0 Å². The fourth-order valence-corrected chi connectivity index (χ4v) is 2.07. The van der Waals surface area contributed by atoms with Gasteiger partial charge in [-0.2, -0.15) is 0 Å². The van der Waals surface area contributed by atoms with Gasteiger partial charge in [-0.15, -0.1) is 0 Å². The molecular weight excluding hydrogens is 134 g/mol. The Balaban J connectivity index is 2.40. The van der Waals surface area contributed by atoms with Crippen LogP contribution in [0.5, 0.6) is 0 Å². The summed E-state index contributed by atoms with van der Waals surface area (Å²) in [5.74, 6) is 2.53. The molecule has 2 N–H and O–H groups in total. The molecule has 1 nitrogen and oxygen atoms in total. The summed E-state index contributed by atoms with van der Waals surface area (Å²) >= 11 is 0. The Labute approximate surface area is 70.4 Å². The molecule has 0 aromatic heterocycles. The molecule has 1 saturated carbocycles. The van der Waals surface area contributed by atoms with E-state index in [1.54, 1.807) is 0 Å². The summed E-state index contributed by atoms with van der Waals surface area (Å²) in [5.41, 5.74) is 5.94. The molecule has 0 aromatic carbocycles. The van der Waals surface area contributed by atoms with Gasteiger partial charge in [0.05, 0.1) is 0 Å². The van der Waals surface area contributed by atoms with Crippen molar-refractivity contribution in [2.24, 2.45) is 23.5 Å². The highest BCUT2D eigenvalue weighted by molar-refractivity contribution is 4.80. The number of nitrogens with two attached hydrogens (primary N) is 1. The van der Waals surface area contributed by atoms with Crippen LogP contribution in [0.15, 0.2) is 0 Å². The third-order valence-electron chi connectivity index (χ3n) is 3.22. The molecule has 0 bridgehead atoms. The van der Waals surface area contributed by atoms with Gasteiger partial charge in [-0.1, -0.05) is 20.8 Å². The maximum Gasteiger partial charge on any atom is 0.00647 e. The zero-order chi connectivity index (χ0) is 8.43. The topological polar surface area (TPSA) is 26.0 Å². The minimum atomic E-state index is 0.477. The first-order valence-corrected chi connectivity index (χ1v) is 4.87. The molecular formula is C10H21N. The quantitative estimate of drug-likeness (QED) is 0.618. The van der Waals surface area contributed by atoms with Gasteiger partial charge in [-0.25, -0.2) is 0 Å². The van der Waals surface area contributed by atoms with Gasteiger partial charge in [0, 0.05) is 6.04 Å². The van der Waals surface area contributed by atoms with Crippen LogP contribution in [0, 0.1) is 17.8 Å². The zero-order valence-corrected chi connectivity index (χ0v) is 8.01. The molecule has 1 aliphatic carbocycles. The van der Waals surface area contributed by atoms with Crippen LogP contribution in [0.1, 0.15) is 40.0 Å². The summed E-state index contributed by atoms with van der Waals surface area (Å²) < 4.78 is 0. The highest BCUT2D eigenvalue weighted by Gasteiger charge is 2.26. The molecule has 1 rings (SSSR count). The van der Waals surface area contributed by atoms with Crippen molar-refractivity contribution in [1.29, 1.82) is 0 Å². The first kappa shape index (κ1) is 9.05. The van der Waals surface area contributed by atoms with Crippen molar-refractivity contribution in [3.05, 3.63) is 0 Å². The predicted octanol–water partition coefficient (Wildman–Crippen LogP) is 2.41. The van der Waals surface area contributed by atoms with Crippen LogP contribution in [0.2, 0.25) is 0 Å². The molecule has 1 fully saturated rings. The lowest BCUT2D eigenvalue weighted by atomic mass is 9.75. The lowest BCUT2D eigenvalue weighted by molar-refractivity contribution is 0.202. The zero-order valence-electron chi connectivity index (χ0n) is 8.01. The van der Waals surface area contributed by atoms with Crippen LogP contribution >= 0.6 is 0 Å². The average Bonchev–Trinajstić information content (AvgIpc) is 1.94. The van der Waals surface area contributed by atoms with Crippen molar-refractivity contribution in [2.75, 3.05) is 0 Å². The van der Waals surface area contributed by atoms with Crippen molar-refractivity contribution in [3.63, 3.8) is 0 Å². The summed E-state index contributed by atoms with van der Waals surface area (Å²) in [6.45, 7) is 6.95. The van der Waals surface area contributed by atoms with Crippen molar-refractivity contribution in [1.82, 2.24) is 0 Å². The smallest absolute Gasteiger partial charge is 0.00647 e. The van der Waals surface area contributed by atoms with Crippen LogP contribution in [0.4, 0.5) is 0 Å². The second-order valence-electron chi connectivity index (χ2n) is 4.46. The Morgan fingerprint density at radius 3 is 2.36 bits per heavy atom. The molecule has 11 heavy (non-hydrogen) atoms. The van der Waals surface area contributed by atoms with Gasteiger partial charge in [0.1, 0.15) is 0 Å². The van der Waals surface area contributed by atoms with Gasteiger partial charge >= 0.3 is 0 Å². The molecule has 1 heteroatoms. The maximum atomic E-state index is 5.94. The highest BCUT2D eigenvalue weighted by atomic mass is 14.7. The van der Waals surface area contributed by atoms with E-state index in [-0.39, 0.29) is 0 Å². The molecule has 66 valence electrons.